The van der Waals surface area contributed by atoms with Gasteiger partial charge in [-0.3, -0.25) is 0 Å². The highest BCUT2D eigenvalue weighted by atomic mass is 79.9. The molecule has 0 aromatic heterocycles. The third kappa shape index (κ3) is 5.40. The Morgan fingerprint density at radius 2 is 2.35 bits per heavy atom. The van der Waals surface area contributed by atoms with Crippen molar-refractivity contribution in [3.8, 4) is 0 Å². The van der Waals surface area contributed by atoms with E-state index in [1.807, 2.05) is 25.1 Å². The van der Waals surface area contributed by atoms with E-state index in [4.69, 9.17) is 9.47 Å². The number of halogens is 1. The average Bonchev–Trinajstić information content (AvgIpc) is 2.88. The number of benzene rings is 1. The van der Waals surface area contributed by atoms with Gasteiger partial charge in [-0.1, -0.05) is 15.9 Å². The molecule has 4 nitrogen and oxygen atoms in total. The van der Waals surface area contributed by atoms with E-state index in [1.165, 1.54) is 5.56 Å². The molecule has 0 amide bonds. The minimum Gasteiger partial charge on any atom is -0.389 e. The van der Waals surface area contributed by atoms with Crippen molar-refractivity contribution in [3.05, 3.63) is 28.2 Å². The molecular weight excluding hydrogens is 322 g/mol. The fourth-order valence-electron chi connectivity index (χ4n) is 2.24. The summed E-state index contributed by atoms with van der Waals surface area (Å²) < 4.78 is 12.0. The summed E-state index contributed by atoms with van der Waals surface area (Å²) in [7, 11) is 0. The average molecular weight is 344 g/mol. The number of hydrogen-bond acceptors (Lipinski definition) is 4. The van der Waals surface area contributed by atoms with Gasteiger partial charge in [0.15, 0.2) is 0 Å². The van der Waals surface area contributed by atoms with Gasteiger partial charge in [0, 0.05) is 23.3 Å². The number of aliphatic hydroxyl groups is 1. The SMILES string of the molecule is Cc1cc(Br)cc(NCC(O)COCC2CCCO2)c1. The number of aryl methyl sites for hydroxylation is 1. The zero-order valence-electron chi connectivity index (χ0n) is 11.8. The Labute approximate surface area is 128 Å². The van der Waals surface area contributed by atoms with Gasteiger partial charge in [0.05, 0.1) is 25.4 Å². The van der Waals surface area contributed by atoms with Gasteiger partial charge in [0.25, 0.3) is 0 Å². The van der Waals surface area contributed by atoms with Crippen LogP contribution in [-0.2, 0) is 9.47 Å². The van der Waals surface area contributed by atoms with Crippen molar-refractivity contribution in [1.29, 1.82) is 0 Å². The minimum absolute atomic E-state index is 0.211. The standard InChI is InChI=1S/C15H22BrNO3/c1-11-5-12(16)7-13(6-11)17-8-14(18)9-19-10-15-3-2-4-20-15/h5-7,14-15,17-18H,2-4,8-10H2,1H3. The fourth-order valence-corrected chi connectivity index (χ4v) is 2.85. The molecule has 0 radical (unpaired) electrons. The summed E-state index contributed by atoms with van der Waals surface area (Å²) in [5, 5.41) is 13.1. The van der Waals surface area contributed by atoms with Crippen LogP contribution in [-0.4, -0.2) is 43.7 Å². The van der Waals surface area contributed by atoms with E-state index in [2.05, 4.69) is 21.2 Å². The zero-order valence-corrected chi connectivity index (χ0v) is 13.4. The lowest BCUT2D eigenvalue weighted by Crippen LogP contribution is -2.27. The van der Waals surface area contributed by atoms with Crippen molar-refractivity contribution >= 4 is 21.6 Å². The molecule has 5 heteroatoms. The van der Waals surface area contributed by atoms with E-state index in [0.717, 1.165) is 29.6 Å². The Morgan fingerprint density at radius 3 is 3.05 bits per heavy atom. The number of anilines is 1. The molecule has 0 aliphatic carbocycles. The first kappa shape index (κ1) is 15.8. The van der Waals surface area contributed by atoms with Crippen LogP contribution in [0.4, 0.5) is 5.69 Å². The molecule has 0 spiro atoms. The van der Waals surface area contributed by atoms with Crippen LogP contribution >= 0.6 is 15.9 Å². The van der Waals surface area contributed by atoms with E-state index in [-0.39, 0.29) is 6.10 Å². The molecule has 2 atom stereocenters. The van der Waals surface area contributed by atoms with Gasteiger partial charge in [-0.25, -0.2) is 0 Å². The van der Waals surface area contributed by atoms with Crippen molar-refractivity contribution in [2.24, 2.45) is 0 Å². The summed E-state index contributed by atoms with van der Waals surface area (Å²) in [6.07, 6.45) is 1.87. The van der Waals surface area contributed by atoms with E-state index in [9.17, 15) is 5.11 Å². The van der Waals surface area contributed by atoms with Crippen LogP contribution in [0.3, 0.4) is 0 Å². The van der Waals surface area contributed by atoms with Crippen LogP contribution in [0.15, 0.2) is 22.7 Å². The first-order valence-corrected chi connectivity index (χ1v) is 7.81. The van der Waals surface area contributed by atoms with E-state index in [1.54, 1.807) is 0 Å². The molecule has 1 saturated heterocycles. The highest BCUT2D eigenvalue weighted by molar-refractivity contribution is 9.10. The number of rotatable bonds is 7. The van der Waals surface area contributed by atoms with Crippen molar-refractivity contribution in [3.63, 3.8) is 0 Å². The van der Waals surface area contributed by atoms with Crippen molar-refractivity contribution in [1.82, 2.24) is 0 Å². The molecule has 0 bridgehead atoms. The van der Waals surface area contributed by atoms with Crippen molar-refractivity contribution in [2.75, 3.05) is 31.7 Å². The van der Waals surface area contributed by atoms with Crippen LogP contribution in [0, 0.1) is 6.92 Å². The van der Waals surface area contributed by atoms with Crippen LogP contribution < -0.4 is 5.32 Å². The number of hydrogen-bond donors (Lipinski definition) is 2. The van der Waals surface area contributed by atoms with Gasteiger partial charge in [0.1, 0.15) is 0 Å². The summed E-state index contributed by atoms with van der Waals surface area (Å²) in [5.41, 5.74) is 2.17. The second kappa shape index (κ2) is 7.98. The summed E-state index contributed by atoms with van der Waals surface area (Å²) in [4.78, 5) is 0. The first-order chi connectivity index (χ1) is 9.63. The Hall–Kier alpha value is -0.620. The first-order valence-electron chi connectivity index (χ1n) is 7.02. The summed E-state index contributed by atoms with van der Waals surface area (Å²) in [6.45, 7) is 4.26. The molecule has 2 rings (SSSR count). The van der Waals surface area contributed by atoms with E-state index >= 15 is 0 Å². The molecule has 1 fully saturated rings. The molecule has 0 saturated carbocycles. The minimum atomic E-state index is -0.518. The maximum Gasteiger partial charge on any atom is 0.0945 e. The predicted octanol–water partition coefficient (Wildman–Crippen LogP) is 2.73. The second-order valence-electron chi connectivity index (χ2n) is 5.22. The molecule has 1 aromatic carbocycles. The van der Waals surface area contributed by atoms with Gasteiger partial charge in [-0.15, -0.1) is 0 Å². The highest BCUT2D eigenvalue weighted by Gasteiger charge is 2.16. The van der Waals surface area contributed by atoms with Crippen LogP contribution in [0.25, 0.3) is 0 Å². The third-order valence-electron chi connectivity index (χ3n) is 3.22. The molecule has 1 aromatic rings. The maximum absolute atomic E-state index is 9.88. The van der Waals surface area contributed by atoms with Gasteiger partial charge >= 0.3 is 0 Å². The summed E-state index contributed by atoms with van der Waals surface area (Å²) in [5.74, 6) is 0. The van der Waals surface area contributed by atoms with Crippen molar-refractivity contribution in [2.45, 2.75) is 32.0 Å². The van der Waals surface area contributed by atoms with Gasteiger partial charge in [0.2, 0.25) is 0 Å². The molecule has 20 heavy (non-hydrogen) atoms. The molecule has 1 heterocycles. The lowest BCUT2D eigenvalue weighted by atomic mass is 10.2. The summed E-state index contributed by atoms with van der Waals surface area (Å²) in [6, 6.07) is 6.09. The monoisotopic (exact) mass is 343 g/mol. The Balaban J connectivity index is 1.65. The van der Waals surface area contributed by atoms with E-state index in [0.29, 0.717) is 19.8 Å². The molecule has 1 aliphatic heterocycles. The normalized spacial score (nSPS) is 20.1. The topological polar surface area (TPSA) is 50.7 Å². The second-order valence-corrected chi connectivity index (χ2v) is 6.14. The number of ether oxygens (including phenoxy) is 2. The van der Waals surface area contributed by atoms with Gasteiger partial charge < -0.3 is 19.9 Å². The Morgan fingerprint density at radius 1 is 1.50 bits per heavy atom. The summed E-state index contributed by atoms with van der Waals surface area (Å²) >= 11 is 3.46. The zero-order chi connectivity index (χ0) is 14.4. The van der Waals surface area contributed by atoms with E-state index < -0.39 is 6.10 Å². The van der Waals surface area contributed by atoms with Crippen LogP contribution in [0.1, 0.15) is 18.4 Å². The Kier molecular flexibility index (Phi) is 6.29. The van der Waals surface area contributed by atoms with Gasteiger partial charge in [-0.05, 0) is 43.5 Å². The lowest BCUT2D eigenvalue weighted by Gasteiger charge is -2.15. The number of nitrogens with one attached hydrogen (secondary N) is 1. The fraction of sp³-hybridized carbons (Fsp3) is 0.600. The molecular formula is C15H22BrNO3. The molecule has 2 unspecified atom stereocenters. The third-order valence-corrected chi connectivity index (χ3v) is 3.68. The molecule has 112 valence electrons. The van der Waals surface area contributed by atoms with Crippen LogP contribution in [0.5, 0.6) is 0 Å². The number of aliphatic hydroxyl groups excluding tert-OH is 1. The quantitative estimate of drug-likeness (QED) is 0.799. The molecule has 2 N–H and O–H groups in total. The molecule has 1 aliphatic rings. The Bertz CT molecular complexity index is 401. The van der Waals surface area contributed by atoms with Gasteiger partial charge in [-0.2, -0.15) is 0 Å². The predicted molar refractivity (Wildman–Crippen MR) is 83.2 cm³/mol. The highest BCUT2D eigenvalue weighted by Crippen LogP contribution is 2.19. The maximum atomic E-state index is 9.88. The lowest BCUT2D eigenvalue weighted by molar-refractivity contribution is -0.0137. The largest absolute Gasteiger partial charge is 0.389 e. The van der Waals surface area contributed by atoms with Crippen molar-refractivity contribution < 1.29 is 14.6 Å². The van der Waals surface area contributed by atoms with Crippen LogP contribution in [0.2, 0.25) is 0 Å². The smallest absolute Gasteiger partial charge is 0.0945 e.